The molecule has 240 valence electrons. The van der Waals surface area contributed by atoms with E-state index in [1.165, 1.54) is 19.2 Å². The van der Waals surface area contributed by atoms with Crippen LogP contribution in [0.4, 0.5) is 27.6 Å². The number of anilines is 1. The SMILES string of the molecule is COc1ccc(CN2C(=O)c3c(c(NC(=O)c4cc(F)cc(C(F)(F)F)c4)cc4c3ccc[n+]4[O-])C2(O)c2cc(F)ccc2Cl)cc1. The van der Waals surface area contributed by atoms with E-state index in [0.29, 0.717) is 28.2 Å². The number of nitrogens with zero attached hydrogens (tertiary/aromatic N) is 2. The Kier molecular flexibility index (Phi) is 7.77. The van der Waals surface area contributed by atoms with Crippen molar-refractivity contribution in [1.82, 2.24) is 4.90 Å². The van der Waals surface area contributed by atoms with E-state index >= 15 is 0 Å². The van der Waals surface area contributed by atoms with Crippen molar-refractivity contribution < 1.29 is 46.1 Å². The molecular formula is C33H21ClF5N3O5. The van der Waals surface area contributed by atoms with Crippen molar-refractivity contribution in [3.8, 4) is 5.75 Å². The third-order valence-electron chi connectivity index (χ3n) is 7.80. The normalized spacial score (nSPS) is 16.0. The lowest BCUT2D eigenvalue weighted by Crippen LogP contribution is -2.44. The van der Waals surface area contributed by atoms with Crippen LogP contribution in [0.1, 0.15) is 43.0 Å². The number of carbonyl (C=O) groups is 2. The summed E-state index contributed by atoms with van der Waals surface area (Å²) in [5.74, 6) is -3.81. The number of aromatic nitrogens is 1. The van der Waals surface area contributed by atoms with Gasteiger partial charge in [-0.15, -0.1) is 0 Å². The molecule has 0 saturated carbocycles. The number of hydrogen-bond acceptors (Lipinski definition) is 5. The van der Waals surface area contributed by atoms with E-state index in [2.05, 4.69) is 5.32 Å². The molecule has 0 saturated heterocycles. The van der Waals surface area contributed by atoms with Crippen molar-refractivity contribution in [1.29, 1.82) is 0 Å². The van der Waals surface area contributed by atoms with Crippen LogP contribution in [0.25, 0.3) is 10.9 Å². The molecule has 2 N–H and O–H groups in total. The average Bonchev–Trinajstić information content (AvgIpc) is 3.25. The molecule has 2 heterocycles. The Morgan fingerprint density at radius 2 is 1.77 bits per heavy atom. The lowest BCUT2D eigenvalue weighted by atomic mass is 9.89. The van der Waals surface area contributed by atoms with Crippen LogP contribution in [0, 0.1) is 16.8 Å². The number of amides is 2. The van der Waals surface area contributed by atoms with Gasteiger partial charge in [-0.25, -0.2) is 8.78 Å². The van der Waals surface area contributed by atoms with Crippen molar-refractivity contribution >= 4 is 40.0 Å². The summed E-state index contributed by atoms with van der Waals surface area (Å²) in [5.41, 5.74) is -5.82. The molecule has 0 spiro atoms. The standard InChI is InChI=1S/C33H21ClF5N3O5/c1-47-22-7-4-17(5-8-22)16-41-31(44)28-23-3-2-10-42(46)27(23)15-26(29(28)32(41,45)24-14-20(35)6-9-25(24)34)40-30(43)18-11-19(33(37,38)39)13-21(36)12-18/h2-15,45H,16H2,1H3,(H,40,43). The highest BCUT2D eigenvalue weighted by atomic mass is 35.5. The van der Waals surface area contributed by atoms with E-state index in [0.717, 1.165) is 35.4 Å². The van der Waals surface area contributed by atoms with Crippen molar-refractivity contribution in [2.75, 3.05) is 12.4 Å². The van der Waals surface area contributed by atoms with Crippen LogP contribution >= 0.6 is 11.6 Å². The maximum absolute atomic E-state index is 14.8. The molecule has 1 aliphatic heterocycles. The molecule has 4 aromatic carbocycles. The molecule has 0 fully saturated rings. The van der Waals surface area contributed by atoms with E-state index in [-0.39, 0.29) is 45.2 Å². The number of nitrogens with one attached hydrogen (secondary N) is 1. The Bertz CT molecular complexity index is 2090. The van der Waals surface area contributed by atoms with Gasteiger partial charge in [-0.1, -0.05) is 23.7 Å². The molecule has 1 aliphatic rings. The molecule has 47 heavy (non-hydrogen) atoms. The molecular weight excluding hydrogens is 649 g/mol. The van der Waals surface area contributed by atoms with Crippen molar-refractivity contribution in [3.63, 3.8) is 0 Å². The summed E-state index contributed by atoms with van der Waals surface area (Å²) in [4.78, 5) is 28.7. The summed E-state index contributed by atoms with van der Waals surface area (Å²) in [6.07, 6.45) is -3.88. The number of ether oxygens (including phenoxy) is 1. The number of fused-ring (bicyclic) bond motifs is 3. The van der Waals surface area contributed by atoms with Crippen LogP contribution in [0.3, 0.4) is 0 Å². The molecule has 2 amide bonds. The Morgan fingerprint density at radius 3 is 2.45 bits per heavy atom. The van der Waals surface area contributed by atoms with Gasteiger partial charge < -0.3 is 20.4 Å². The second kappa shape index (κ2) is 11.5. The maximum atomic E-state index is 14.8. The molecule has 8 nitrogen and oxygen atoms in total. The number of halogens is 6. The third-order valence-corrected chi connectivity index (χ3v) is 8.13. The van der Waals surface area contributed by atoms with Crippen LogP contribution in [0.5, 0.6) is 5.75 Å². The van der Waals surface area contributed by atoms with Crippen LogP contribution in [0.2, 0.25) is 5.02 Å². The predicted molar refractivity (Wildman–Crippen MR) is 160 cm³/mol. The predicted octanol–water partition coefficient (Wildman–Crippen LogP) is 6.53. The van der Waals surface area contributed by atoms with E-state index in [1.807, 2.05) is 0 Å². The van der Waals surface area contributed by atoms with E-state index < -0.39 is 52.2 Å². The quantitative estimate of drug-likeness (QED) is 0.122. The summed E-state index contributed by atoms with van der Waals surface area (Å²) in [7, 11) is 1.46. The first-order valence-electron chi connectivity index (χ1n) is 13.7. The largest absolute Gasteiger partial charge is 0.618 e. The minimum absolute atomic E-state index is 0.0359. The summed E-state index contributed by atoms with van der Waals surface area (Å²) in [6, 6.07) is 14.5. The van der Waals surface area contributed by atoms with Crippen LogP contribution in [-0.2, 0) is 18.4 Å². The highest BCUT2D eigenvalue weighted by molar-refractivity contribution is 6.31. The molecule has 0 radical (unpaired) electrons. The van der Waals surface area contributed by atoms with Crippen LogP contribution < -0.4 is 14.8 Å². The molecule has 1 atom stereocenters. The minimum Gasteiger partial charge on any atom is -0.618 e. The first-order valence-corrected chi connectivity index (χ1v) is 14.1. The monoisotopic (exact) mass is 669 g/mol. The Labute approximate surface area is 267 Å². The number of alkyl halides is 3. The second-order valence-corrected chi connectivity index (χ2v) is 11.1. The van der Waals surface area contributed by atoms with E-state index in [4.69, 9.17) is 16.3 Å². The molecule has 14 heteroatoms. The van der Waals surface area contributed by atoms with Gasteiger partial charge in [-0.3, -0.25) is 14.5 Å². The molecule has 1 aromatic heterocycles. The van der Waals surface area contributed by atoms with Gasteiger partial charge in [0.05, 0.1) is 29.3 Å². The van der Waals surface area contributed by atoms with Crippen molar-refractivity contribution in [2.24, 2.45) is 0 Å². The smallest absolute Gasteiger partial charge is 0.416 e. The van der Waals surface area contributed by atoms with E-state index in [1.54, 1.807) is 24.3 Å². The zero-order valence-electron chi connectivity index (χ0n) is 24.0. The summed E-state index contributed by atoms with van der Waals surface area (Å²) in [6.45, 7) is -0.307. The van der Waals surface area contributed by atoms with Gasteiger partial charge in [-0.2, -0.15) is 17.9 Å². The number of methoxy groups -OCH3 is 1. The topological polar surface area (TPSA) is 106 Å². The second-order valence-electron chi connectivity index (χ2n) is 10.7. The van der Waals surface area contributed by atoms with Gasteiger partial charge in [0.2, 0.25) is 5.52 Å². The average molecular weight is 670 g/mol. The number of hydrogen-bond donors (Lipinski definition) is 2. The maximum Gasteiger partial charge on any atom is 0.416 e. The number of rotatable bonds is 6. The first kappa shape index (κ1) is 31.7. The van der Waals surface area contributed by atoms with Crippen molar-refractivity contribution in [3.05, 3.63) is 140 Å². The lowest BCUT2D eigenvalue weighted by Gasteiger charge is -2.36. The fourth-order valence-electron chi connectivity index (χ4n) is 5.66. The number of benzene rings is 4. The highest BCUT2D eigenvalue weighted by Gasteiger charge is 2.54. The molecule has 1 unspecified atom stereocenters. The zero-order valence-corrected chi connectivity index (χ0v) is 24.8. The Hall–Kier alpha value is -5.27. The zero-order chi connectivity index (χ0) is 33.8. The molecule has 0 aliphatic carbocycles. The van der Waals surface area contributed by atoms with Gasteiger partial charge in [0.1, 0.15) is 17.4 Å². The first-order chi connectivity index (χ1) is 22.2. The summed E-state index contributed by atoms with van der Waals surface area (Å²) >= 11 is 6.49. The molecule has 0 bridgehead atoms. The van der Waals surface area contributed by atoms with Gasteiger partial charge in [0.25, 0.3) is 11.8 Å². The van der Waals surface area contributed by atoms with Gasteiger partial charge in [0, 0.05) is 40.4 Å². The van der Waals surface area contributed by atoms with Gasteiger partial charge >= 0.3 is 6.18 Å². The van der Waals surface area contributed by atoms with Gasteiger partial charge in [-0.05, 0) is 60.2 Å². The Balaban J connectivity index is 1.61. The number of aliphatic hydroxyl groups is 1. The van der Waals surface area contributed by atoms with E-state index in [9.17, 15) is 41.9 Å². The number of pyridine rings is 1. The van der Waals surface area contributed by atoms with Gasteiger partial charge in [0.15, 0.2) is 11.9 Å². The fraction of sp³-hybridized carbons (Fsp3) is 0.121. The summed E-state index contributed by atoms with van der Waals surface area (Å²) < 4.78 is 74.9. The van der Waals surface area contributed by atoms with Crippen LogP contribution in [0.15, 0.2) is 85.1 Å². The molecule has 6 rings (SSSR count). The van der Waals surface area contributed by atoms with Crippen molar-refractivity contribution in [2.45, 2.75) is 18.4 Å². The molecule has 5 aromatic rings. The summed E-state index contributed by atoms with van der Waals surface area (Å²) in [5, 5.41) is 27.8. The lowest BCUT2D eigenvalue weighted by molar-refractivity contribution is -0.577. The highest BCUT2D eigenvalue weighted by Crippen LogP contribution is 2.50. The number of carbonyl (C=O) groups excluding carboxylic acids is 2. The fourth-order valence-corrected chi connectivity index (χ4v) is 5.91. The Morgan fingerprint density at radius 1 is 1.04 bits per heavy atom. The minimum atomic E-state index is -4.99. The van der Waals surface area contributed by atoms with Crippen LogP contribution in [-0.4, -0.2) is 28.9 Å². The third kappa shape index (κ3) is 5.47.